The van der Waals surface area contributed by atoms with Crippen LogP contribution in [0.25, 0.3) is 10.9 Å². The molecule has 1 aromatic carbocycles. The molecule has 3 fully saturated rings. The van der Waals surface area contributed by atoms with Crippen molar-refractivity contribution in [3.05, 3.63) is 42.0 Å². The summed E-state index contributed by atoms with van der Waals surface area (Å²) in [4.78, 5) is 10.2. The molecule has 6 rings (SSSR count). The summed E-state index contributed by atoms with van der Waals surface area (Å²) >= 11 is 0. The zero-order valence-corrected chi connectivity index (χ0v) is 19.5. The summed E-state index contributed by atoms with van der Waals surface area (Å²) in [5.41, 5.74) is 3.03. The van der Waals surface area contributed by atoms with Crippen molar-refractivity contribution >= 4 is 16.7 Å². The molecule has 0 amide bonds. The lowest BCUT2D eigenvalue weighted by Crippen LogP contribution is -2.46. The number of ether oxygens (including phenoxy) is 1. The fraction of sp³-hybridized carbons (Fsp3) is 0.593. The number of likely N-dealkylation sites (N-methyl/N-ethyl adjacent to an activating group) is 1. The van der Waals surface area contributed by atoms with Gasteiger partial charge in [0.2, 0.25) is 0 Å². The number of allylic oxidation sites excluding steroid dienone is 2. The first-order valence-electron chi connectivity index (χ1n) is 12.5. The molecule has 170 valence electrons. The van der Waals surface area contributed by atoms with Gasteiger partial charge in [0.25, 0.3) is 0 Å². The van der Waals surface area contributed by atoms with Crippen LogP contribution < -0.4 is 15.0 Å². The van der Waals surface area contributed by atoms with Crippen molar-refractivity contribution in [2.24, 2.45) is 23.2 Å². The van der Waals surface area contributed by atoms with Gasteiger partial charge in [0.15, 0.2) is 0 Å². The second-order valence-corrected chi connectivity index (χ2v) is 10.3. The van der Waals surface area contributed by atoms with Crippen molar-refractivity contribution in [1.29, 1.82) is 0 Å². The van der Waals surface area contributed by atoms with E-state index in [1.807, 2.05) is 6.07 Å². The van der Waals surface area contributed by atoms with Crippen LogP contribution in [0.15, 0.2) is 36.4 Å². The van der Waals surface area contributed by atoms with E-state index in [1.54, 1.807) is 7.11 Å². The third kappa shape index (κ3) is 3.41. The minimum atomic E-state index is 0.681. The highest BCUT2D eigenvalue weighted by Crippen LogP contribution is 2.69. The Morgan fingerprint density at radius 1 is 1.12 bits per heavy atom. The van der Waals surface area contributed by atoms with Crippen molar-refractivity contribution in [3.63, 3.8) is 0 Å². The summed E-state index contributed by atoms with van der Waals surface area (Å²) in [6, 6.07) is 8.59. The van der Waals surface area contributed by atoms with Crippen LogP contribution in [0, 0.1) is 23.2 Å². The average molecular weight is 433 g/mol. The Bertz CT molecular complexity index is 1020. The van der Waals surface area contributed by atoms with E-state index in [9.17, 15) is 0 Å². The summed E-state index contributed by atoms with van der Waals surface area (Å²) in [7, 11) is 1.72. The predicted molar refractivity (Wildman–Crippen MR) is 130 cm³/mol. The van der Waals surface area contributed by atoms with Gasteiger partial charge in [-0.15, -0.1) is 0 Å². The van der Waals surface area contributed by atoms with Crippen LogP contribution in [0.4, 0.5) is 5.82 Å². The van der Waals surface area contributed by atoms with Crippen LogP contribution in [0.2, 0.25) is 0 Å². The maximum atomic E-state index is 5.46. The van der Waals surface area contributed by atoms with Crippen LogP contribution in [0.5, 0.6) is 5.75 Å². The maximum Gasteiger partial charge on any atom is 0.133 e. The van der Waals surface area contributed by atoms with Gasteiger partial charge in [-0.3, -0.25) is 0 Å². The van der Waals surface area contributed by atoms with E-state index in [0.29, 0.717) is 5.41 Å². The highest BCUT2D eigenvalue weighted by Gasteiger charge is 2.62. The number of piperazine rings is 1. The maximum absolute atomic E-state index is 5.46. The molecule has 2 heterocycles. The molecule has 3 atom stereocenters. The number of methoxy groups -OCH3 is 1. The first-order valence-corrected chi connectivity index (χ1v) is 12.5. The van der Waals surface area contributed by atoms with E-state index in [1.165, 1.54) is 30.2 Å². The second-order valence-electron chi connectivity index (χ2n) is 10.3. The van der Waals surface area contributed by atoms with E-state index in [4.69, 9.17) is 9.72 Å². The Hall–Kier alpha value is -2.11. The highest BCUT2D eigenvalue weighted by atomic mass is 16.5. The molecule has 1 N–H and O–H groups in total. The lowest BCUT2D eigenvalue weighted by atomic mass is 9.89. The first-order chi connectivity index (χ1) is 15.7. The van der Waals surface area contributed by atoms with E-state index in [0.717, 1.165) is 80.7 Å². The first kappa shape index (κ1) is 20.5. The molecular weight excluding hydrogens is 396 g/mol. The highest BCUT2D eigenvalue weighted by molar-refractivity contribution is 5.83. The Morgan fingerprint density at radius 2 is 1.97 bits per heavy atom. The largest absolute Gasteiger partial charge is 0.497 e. The zero-order valence-electron chi connectivity index (χ0n) is 19.5. The molecule has 0 radical (unpaired) electrons. The van der Waals surface area contributed by atoms with Gasteiger partial charge in [0.1, 0.15) is 11.6 Å². The van der Waals surface area contributed by atoms with Crippen molar-refractivity contribution in [2.45, 2.75) is 32.7 Å². The SMILES string of the molecule is CCN1CCN(c2nc3cc(OC)ccc3cc2CNC[C@@H]2C[C@H]3C=C[C@@H]2C32CC2)CC1. The zero-order chi connectivity index (χ0) is 21.7. The number of anilines is 1. The van der Waals surface area contributed by atoms with Crippen molar-refractivity contribution in [3.8, 4) is 5.75 Å². The summed E-state index contributed by atoms with van der Waals surface area (Å²) in [6.07, 6.45) is 9.35. The molecule has 1 saturated heterocycles. The standard InChI is InChI=1S/C27H36N4O/c1-3-30-10-12-31(13-11-30)26-21(14-19-4-6-23(32-2)16-25(19)29-26)18-28-17-20-15-22-5-7-24(20)27(22)8-9-27/h4-7,14,16,20,22,24,28H,3,8-13,15,17-18H2,1-2H3/t20-,22+,24-/m0/s1. The number of benzene rings is 1. The number of hydrogen-bond acceptors (Lipinski definition) is 5. The van der Waals surface area contributed by atoms with Gasteiger partial charge in [0.05, 0.1) is 12.6 Å². The van der Waals surface area contributed by atoms with Crippen molar-refractivity contribution in [1.82, 2.24) is 15.2 Å². The van der Waals surface area contributed by atoms with E-state index >= 15 is 0 Å². The van der Waals surface area contributed by atoms with Crippen molar-refractivity contribution < 1.29 is 4.74 Å². The van der Waals surface area contributed by atoms with Crippen LogP contribution in [0.3, 0.4) is 0 Å². The predicted octanol–water partition coefficient (Wildman–Crippen LogP) is 4.08. The minimum Gasteiger partial charge on any atom is -0.497 e. The number of aromatic nitrogens is 1. The number of rotatable bonds is 7. The van der Waals surface area contributed by atoms with E-state index in [2.05, 4.69) is 52.4 Å². The molecule has 5 heteroatoms. The molecule has 2 bridgehead atoms. The normalized spacial score (nSPS) is 28.2. The van der Waals surface area contributed by atoms with Crippen LogP contribution in [-0.2, 0) is 6.54 Å². The minimum absolute atomic E-state index is 0.681. The molecular formula is C27H36N4O. The smallest absolute Gasteiger partial charge is 0.133 e. The van der Waals surface area contributed by atoms with Crippen LogP contribution in [-0.4, -0.2) is 56.3 Å². The molecule has 1 aliphatic heterocycles. The lowest BCUT2D eigenvalue weighted by molar-refractivity contribution is 0.270. The summed E-state index contributed by atoms with van der Waals surface area (Å²) in [6.45, 7) is 9.71. The van der Waals surface area contributed by atoms with Gasteiger partial charge in [-0.2, -0.15) is 0 Å². The molecule has 0 unspecified atom stereocenters. The van der Waals surface area contributed by atoms with Gasteiger partial charge in [-0.1, -0.05) is 19.1 Å². The fourth-order valence-corrected chi connectivity index (χ4v) is 6.74. The third-order valence-electron chi connectivity index (χ3n) is 8.77. The van der Waals surface area contributed by atoms with Crippen LogP contribution >= 0.6 is 0 Å². The Labute approximate surface area is 191 Å². The Balaban J connectivity index is 1.21. The Morgan fingerprint density at radius 3 is 2.69 bits per heavy atom. The van der Waals surface area contributed by atoms with Crippen LogP contribution in [0.1, 0.15) is 31.7 Å². The molecule has 1 spiro atoms. The quantitative estimate of drug-likeness (QED) is 0.668. The lowest BCUT2D eigenvalue weighted by Gasteiger charge is -2.36. The van der Waals surface area contributed by atoms with E-state index in [-0.39, 0.29) is 0 Å². The number of pyridine rings is 1. The summed E-state index contributed by atoms with van der Waals surface area (Å²) < 4.78 is 5.46. The van der Waals surface area contributed by atoms with Gasteiger partial charge in [0, 0.05) is 49.7 Å². The molecule has 4 aliphatic rings. The van der Waals surface area contributed by atoms with Gasteiger partial charge in [-0.25, -0.2) is 4.98 Å². The number of nitrogens with one attached hydrogen (secondary N) is 1. The molecule has 1 aromatic heterocycles. The van der Waals surface area contributed by atoms with Gasteiger partial charge in [-0.05, 0) is 73.7 Å². The average Bonchev–Trinajstić information content (AvgIpc) is 3.51. The molecule has 32 heavy (non-hydrogen) atoms. The Kier molecular flexibility index (Phi) is 5.14. The second kappa shape index (κ2) is 8.03. The van der Waals surface area contributed by atoms with Crippen molar-refractivity contribution in [2.75, 3.05) is 51.3 Å². The summed E-state index contributed by atoms with van der Waals surface area (Å²) in [5.74, 6) is 4.52. The third-order valence-corrected chi connectivity index (χ3v) is 8.77. The van der Waals surface area contributed by atoms with Gasteiger partial charge >= 0.3 is 0 Å². The molecule has 2 aromatic rings. The number of nitrogens with zero attached hydrogens (tertiary/aromatic N) is 3. The molecule has 3 aliphatic carbocycles. The summed E-state index contributed by atoms with van der Waals surface area (Å²) in [5, 5.41) is 5.04. The monoisotopic (exact) mass is 432 g/mol. The topological polar surface area (TPSA) is 40.6 Å². The molecule has 2 saturated carbocycles. The number of fused-ring (bicyclic) bond motifs is 1. The fourth-order valence-electron chi connectivity index (χ4n) is 6.74. The molecule has 5 nitrogen and oxygen atoms in total. The van der Waals surface area contributed by atoms with E-state index < -0.39 is 0 Å². The van der Waals surface area contributed by atoms with Gasteiger partial charge < -0.3 is 19.9 Å². The number of hydrogen-bond donors (Lipinski definition) is 1.